The van der Waals surface area contributed by atoms with Crippen molar-refractivity contribution in [3.8, 4) is 0 Å². The molecule has 13 heavy (non-hydrogen) atoms. The molecule has 70 valence electrons. The summed E-state index contributed by atoms with van der Waals surface area (Å²) in [5, 5.41) is 2.32. The topological polar surface area (TPSA) is 61.5 Å². The van der Waals surface area contributed by atoms with Gasteiger partial charge in [-0.15, -0.1) is 0 Å². The summed E-state index contributed by atoms with van der Waals surface area (Å²) < 4.78 is 0. The van der Waals surface area contributed by atoms with E-state index in [9.17, 15) is 9.59 Å². The van der Waals surface area contributed by atoms with E-state index in [1.54, 1.807) is 11.8 Å². The summed E-state index contributed by atoms with van der Waals surface area (Å²) in [7, 11) is 0. The van der Waals surface area contributed by atoms with Crippen LogP contribution in [-0.2, 0) is 4.79 Å². The van der Waals surface area contributed by atoms with Crippen LogP contribution in [0.1, 0.15) is 6.92 Å². The van der Waals surface area contributed by atoms with Crippen LogP contribution in [0.2, 0.25) is 0 Å². The second-order valence-corrected chi connectivity index (χ2v) is 2.78. The van der Waals surface area contributed by atoms with Crippen molar-refractivity contribution in [2.75, 3.05) is 13.1 Å². The van der Waals surface area contributed by atoms with E-state index in [0.29, 0.717) is 5.57 Å². The van der Waals surface area contributed by atoms with E-state index in [-0.39, 0.29) is 11.9 Å². The van der Waals surface area contributed by atoms with Crippen molar-refractivity contribution in [3.63, 3.8) is 0 Å². The first-order chi connectivity index (χ1) is 6.11. The molecule has 0 bridgehead atoms. The predicted octanol–water partition coefficient (Wildman–Crippen LogP) is 0.143. The summed E-state index contributed by atoms with van der Waals surface area (Å²) in [5.41, 5.74) is 0.380. The molecule has 1 aliphatic heterocycles. The van der Waals surface area contributed by atoms with Crippen LogP contribution in [0.25, 0.3) is 0 Å². The first kappa shape index (κ1) is 9.44. The maximum atomic E-state index is 10.9. The van der Waals surface area contributed by atoms with Crippen molar-refractivity contribution in [2.45, 2.75) is 6.92 Å². The molecule has 1 aliphatic rings. The number of nitrogens with one attached hydrogen (secondary N) is 1. The number of aliphatic imine (C=N–C) groups is 1. The second kappa shape index (κ2) is 3.84. The van der Waals surface area contributed by atoms with E-state index in [2.05, 4.69) is 16.9 Å². The van der Waals surface area contributed by atoms with Crippen LogP contribution in [0.5, 0.6) is 0 Å². The van der Waals surface area contributed by atoms with Crippen molar-refractivity contribution in [1.29, 1.82) is 0 Å². The van der Waals surface area contributed by atoms with Gasteiger partial charge in [0, 0.05) is 18.7 Å². The Morgan fingerprint density at radius 1 is 1.54 bits per heavy atom. The molecule has 0 spiro atoms. The summed E-state index contributed by atoms with van der Waals surface area (Å²) in [5.74, 6) is -0.331. The van der Waals surface area contributed by atoms with Crippen LogP contribution in [0, 0.1) is 0 Å². The number of hydrogen-bond acceptors (Lipinski definition) is 2. The minimum atomic E-state index is -0.331. The largest absolute Gasteiger partial charge is 0.345 e. The van der Waals surface area contributed by atoms with Gasteiger partial charge in [-0.1, -0.05) is 6.58 Å². The summed E-state index contributed by atoms with van der Waals surface area (Å²) in [4.78, 5) is 26.8. The number of amides is 3. The summed E-state index contributed by atoms with van der Waals surface area (Å²) >= 11 is 0. The Hall–Kier alpha value is -1.65. The Kier molecular flexibility index (Phi) is 2.79. The van der Waals surface area contributed by atoms with Crippen molar-refractivity contribution in [2.24, 2.45) is 4.99 Å². The Morgan fingerprint density at radius 2 is 2.15 bits per heavy atom. The Balaban J connectivity index is 2.28. The molecule has 1 fully saturated rings. The van der Waals surface area contributed by atoms with Crippen molar-refractivity contribution in [1.82, 2.24) is 10.2 Å². The smallest absolute Gasteiger partial charge is 0.319 e. The van der Waals surface area contributed by atoms with E-state index >= 15 is 0 Å². The van der Waals surface area contributed by atoms with Crippen LogP contribution >= 0.6 is 0 Å². The highest BCUT2D eigenvalue weighted by molar-refractivity contribution is 6.00. The third-order valence-corrected chi connectivity index (χ3v) is 1.48. The van der Waals surface area contributed by atoms with Gasteiger partial charge < -0.3 is 10.2 Å². The molecule has 0 radical (unpaired) electrons. The van der Waals surface area contributed by atoms with Crippen LogP contribution < -0.4 is 5.32 Å². The highest BCUT2D eigenvalue weighted by atomic mass is 16.2. The normalized spacial score (nSPS) is 14.4. The number of hydrogen-bond donors (Lipinski definition) is 1. The van der Waals surface area contributed by atoms with Crippen LogP contribution in [0.3, 0.4) is 0 Å². The monoisotopic (exact) mass is 181 g/mol. The molecule has 0 saturated carbocycles. The van der Waals surface area contributed by atoms with Crippen LogP contribution in [0.15, 0.2) is 17.1 Å². The van der Waals surface area contributed by atoms with Crippen LogP contribution in [-0.4, -0.2) is 36.3 Å². The van der Waals surface area contributed by atoms with E-state index in [1.165, 1.54) is 0 Å². The fourth-order valence-electron chi connectivity index (χ4n) is 0.592. The zero-order valence-electron chi connectivity index (χ0n) is 7.41. The number of nitrogens with zero attached hydrogens (tertiary/aromatic N) is 2. The van der Waals surface area contributed by atoms with E-state index in [1.807, 2.05) is 0 Å². The summed E-state index contributed by atoms with van der Waals surface area (Å²) in [6.45, 7) is 6.52. The fourth-order valence-corrected chi connectivity index (χ4v) is 0.592. The predicted molar refractivity (Wildman–Crippen MR) is 48.4 cm³/mol. The molecule has 3 amide bonds. The second-order valence-electron chi connectivity index (χ2n) is 2.78. The van der Waals surface area contributed by atoms with E-state index in [4.69, 9.17) is 0 Å². The SMILES string of the molecule is C=C(C)C(=O)NC=NC(=O)N1CC1. The fraction of sp³-hybridized carbons (Fsp3) is 0.375. The molecule has 5 heteroatoms. The van der Waals surface area contributed by atoms with Gasteiger partial charge in [-0.2, -0.15) is 4.99 Å². The highest BCUT2D eigenvalue weighted by Gasteiger charge is 2.22. The molecule has 1 heterocycles. The van der Waals surface area contributed by atoms with Gasteiger partial charge in [0.15, 0.2) is 0 Å². The average molecular weight is 181 g/mol. The van der Waals surface area contributed by atoms with Gasteiger partial charge in [0.25, 0.3) is 5.91 Å². The molecular formula is C8H11N3O2. The molecule has 1 rings (SSSR count). The summed E-state index contributed by atoms with van der Waals surface area (Å²) in [6.07, 6.45) is 1.09. The lowest BCUT2D eigenvalue weighted by Gasteiger charge is -1.96. The zero-order valence-corrected chi connectivity index (χ0v) is 7.41. The van der Waals surface area contributed by atoms with Gasteiger partial charge in [0.1, 0.15) is 6.34 Å². The van der Waals surface area contributed by atoms with E-state index in [0.717, 1.165) is 19.4 Å². The van der Waals surface area contributed by atoms with E-state index < -0.39 is 0 Å². The molecule has 0 aromatic carbocycles. The lowest BCUT2D eigenvalue weighted by atomic mass is 10.3. The minimum absolute atomic E-state index is 0.318. The molecule has 1 N–H and O–H groups in total. The average Bonchev–Trinajstić information content (AvgIpc) is 2.85. The van der Waals surface area contributed by atoms with Gasteiger partial charge in [-0.3, -0.25) is 4.79 Å². The minimum Gasteiger partial charge on any atom is -0.319 e. The van der Waals surface area contributed by atoms with Gasteiger partial charge in [0.05, 0.1) is 0 Å². The van der Waals surface area contributed by atoms with Gasteiger partial charge in [-0.05, 0) is 6.92 Å². The highest BCUT2D eigenvalue weighted by Crippen LogP contribution is 2.04. The molecule has 0 aromatic heterocycles. The third kappa shape index (κ3) is 3.06. The Bertz CT molecular complexity index is 279. The Labute approximate surface area is 76.1 Å². The lowest BCUT2D eigenvalue weighted by Crippen LogP contribution is -2.22. The first-order valence-electron chi connectivity index (χ1n) is 3.89. The molecule has 0 unspecified atom stereocenters. The molecule has 0 atom stereocenters. The van der Waals surface area contributed by atoms with Crippen molar-refractivity contribution >= 4 is 18.3 Å². The summed E-state index contributed by atoms with van der Waals surface area (Å²) in [6, 6.07) is -0.318. The number of urea groups is 1. The molecule has 0 aromatic rings. The van der Waals surface area contributed by atoms with Gasteiger partial charge >= 0.3 is 6.03 Å². The number of rotatable bonds is 2. The van der Waals surface area contributed by atoms with Gasteiger partial charge in [0.2, 0.25) is 0 Å². The van der Waals surface area contributed by atoms with Gasteiger partial charge in [-0.25, -0.2) is 4.79 Å². The molecule has 1 saturated heterocycles. The number of carbonyl (C=O) groups is 2. The Morgan fingerprint density at radius 3 is 2.62 bits per heavy atom. The maximum Gasteiger partial charge on any atom is 0.345 e. The van der Waals surface area contributed by atoms with Crippen molar-refractivity contribution in [3.05, 3.63) is 12.2 Å². The zero-order chi connectivity index (χ0) is 9.84. The lowest BCUT2D eigenvalue weighted by molar-refractivity contribution is -0.116. The quantitative estimate of drug-likeness (QED) is 0.285. The molecule has 0 aliphatic carbocycles. The van der Waals surface area contributed by atoms with Crippen molar-refractivity contribution < 1.29 is 9.59 Å². The maximum absolute atomic E-state index is 10.9. The third-order valence-electron chi connectivity index (χ3n) is 1.48. The standard InChI is InChI=1S/C8H11N3O2/c1-6(2)7(12)9-5-10-8(13)11-3-4-11/h5H,1,3-4H2,2H3,(H,9,10,12,13). The molecular weight excluding hydrogens is 170 g/mol. The molecule has 5 nitrogen and oxygen atoms in total. The number of carbonyl (C=O) groups excluding carboxylic acids is 2. The first-order valence-corrected chi connectivity index (χ1v) is 3.89. The van der Waals surface area contributed by atoms with Crippen LogP contribution in [0.4, 0.5) is 4.79 Å².